The van der Waals surface area contributed by atoms with Crippen molar-refractivity contribution in [1.82, 2.24) is 4.98 Å². The number of benzene rings is 1. The van der Waals surface area contributed by atoms with Gasteiger partial charge in [0.05, 0.1) is 24.6 Å². The SMILES string of the molecule is COc1ccc(N)cc1C(=O)Nc1ccc(Cl)nc1. The Morgan fingerprint density at radius 1 is 1.37 bits per heavy atom. The summed E-state index contributed by atoms with van der Waals surface area (Å²) in [6.07, 6.45) is 1.47. The van der Waals surface area contributed by atoms with Crippen LogP contribution in [0.1, 0.15) is 10.4 Å². The van der Waals surface area contributed by atoms with Gasteiger partial charge < -0.3 is 15.8 Å². The summed E-state index contributed by atoms with van der Waals surface area (Å²) in [6, 6.07) is 8.11. The molecule has 0 fully saturated rings. The molecule has 0 saturated carbocycles. The molecule has 0 aliphatic carbocycles. The predicted octanol–water partition coefficient (Wildman–Crippen LogP) is 2.58. The number of carbonyl (C=O) groups is 1. The van der Waals surface area contributed by atoms with Crippen LogP contribution in [0, 0.1) is 0 Å². The number of nitrogen functional groups attached to an aromatic ring is 1. The number of rotatable bonds is 3. The van der Waals surface area contributed by atoms with E-state index in [4.69, 9.17) is 22.1 Å². The quantitative estimate of drug-likeness (QED) is 0.668. The Hall–Kier alpha value is -2.27. The van der Waals surface area contributed by atoms with Crippen LogP contribution in [0.4, 0.5) is 11.4 Å². The summed E-state index contributed by atoms with van der Waals surface area (Å²) >= 11 is 5.67. The number of ether oxygens (including phenoxy) is 1. The maximum atomic E-state index is 12.1. The number of amides is 1. The van der Waals surface area contributed by atoms with Crippen molar-refractivity contribution in [2.24, 2.45) is 0 Å². The minimum atomic E-state index is -0.326. The van der Waals surface area contributed by atoms with E-state index in [0.717, 1.165) is 0 Å². The molecule has 1 aromatic heterocycles. The number of carbonyl (C=O) groups excluding carboxylic acids is 1. The number of halogens is 1. The molecule has 0 aliphatic rings. The summed E-state index contributed by atoms with van der Waals surface area (Å²) in [5.41, 5.74) is 7.05. The van der Waals surface area contributed by atoms with Crippen LogP contribution in [0.2, 0.25) is 5.15 Å². The van der Waals surface area contributed by atoms with Gasteiger partial charge in [-0.05, 0) is 30.3 Å². The molecule has 0 saturated heterocycles. The molecule has 98 valence electrons. The Bertz CT molecular complexity index is 599. The summed E-state index contributed by atoms with van der Waals surface area (Å²) < 4.78 is 5.13. The van der Waals surface area contributed by atoms with Crippen molar-refractivity contribution >= 4 is 28.9 Å². The first-order valence-electron chi connectivity index (χ1n) is 5.46. The van der Waals surface area contributed by atoms with E-state index in [1.807, 2.05) is 0 Å². The van der Waals surface area contributed by atoms with Crippen LogP contribution in [0.5, 0.6) is 5.75 Å². The minimum absolute atomic E-state index is 0.326. The molecule has 1 amide bonds. The van der Waals surface area contributed by atoms with E-state index in [1.165, 1.54) is 13.3 Å². The molecule has 2 rings (SSSR count). The van der Waals surface area contributed by atoms with Crippen LogP contribution < -0.4 is 15.8 Å². The van der Waals surface area contributed by atoms with Crippen LogP contribution >= 0.6 is 11.6 Å². The van der Waals surface area contributed by atoms with Gasteiger partial charge in [-0.3, -0.25) is 4.79 Å². The van der Waals surface area contributed by atoms with Crippen molar-refractivity contribution < 1.29 is 9.53 Å². The fraction of sp³-hybridized carbons (Fsp3) is 0.0769. The summed E-state index contributed by atoms with van der Waals surface area (Å²) in [7, 11) is 1.49. The van der Waals surface area contributed by atoms with Gasteiger partial charge in [0.15, 0.2) is 0 Å². The van der Waals surface area contributed by atoms with Crippen LogP contribution in [-0.4, -0.2) is 18.0 Å². The average Bonchev–Trinajstić information content (AvgIpc) is 2.41. The van der Waals surface area contributed by atoms with Gasteiger partial charge in [-0.15, -0.1) is 0 Å². The number of nitrogens with one attached hydrogen (secondary N) is 1. The molecule has 0 spiro atoms. The Morgan fingerprint density at radius 2 is 2.16 bits per heavy atom. The highest BCUT2D eigenvalue weighted by molar-refractivity contribution is 6.29. The lowest BCUT2D eigenvalue weighted by Gasteiger charge is -2.09. The number of hydrogen-bond acceptors (Lipinski definition) is 4. The predicted molar refractivity (Wildman–Crippen MR) is 74.6 cm³/mol. The number of anilines is 2. The molecule has 2 aromatic rings. The average molecular weight is 278 g/mol. The maximum absolute atomic E-state index is 12.1. The van der Waals surface area contributed by atoms with Crippen LogP contribution in [0.15, 0.2) is 36.5 Å². The van der Waals surface area contributed by atoms with Gasteiger partial charge in [0, 0.05) is 5.69 Å². The first-order chi connectivity index (χ1) is 9.10. The molecular weight excluding hydrogens is 266 g/mol. The minimum Gasteiger partial charge on any atom is -0.496 e. The highest BCUT2D eigenvalue weighted by Gasteiger charge is 2.13. The second-order valence-electron chi connectivity index (χ2n) is 3.78. The van der Waals surface area contributed by atoms with Crippen molar-refractivity contribution in [2.45, 2.75) is 0 Å². The lowest BCUT2D eigenvalue weighted by Crippen LogP contribution is -2.13. The van der Waals surface area contributed by atoms with Crippen molar-refractivity contribution in [3.8, 4) is 5.75 Å². The second kappa shape index (κ2) is 5.58. The Kier molecular flexibility index (Phi) is 3.87. The number of aromatic nitrogens is 1. The molecule has 0 aliphatic heterocycles. The maximum Gasteiger partial charge on any atom is 0.259 e. The van der Waals surface area contributed by atoms with Crippen molar-refractivity contribution in [3.05, 3.63) is 47.2 Å². The first-order valence-corrected chi connectivity index (χ1v) is 5.84. The molecule has 5 nitrogen and oxygen atoms in total. The molecule has 1 heterocycles. The standard InChI is InChI=1S/C13H12ClN3O2/c1-19-11-4-2-8(15)6-10(11)13(18)17-9-3-5-12(14)16-7-9/h2-7H,15H2,1H3,(H,17,18). The van der Waals surface area contributed by atoms with Crippen molar-refractivity contribution in [3.63, 3.8) is 0 Å². The van der Waals surface area contributed by atoms with Gasteiger partial charge in [0.2, 0.25) is 0 Å². The third-order valence-corrected chi connectivity index (χ3v) is 2.68. The zero-order valence-corrected chi connectivity index (χ0v) is 10.9. The summed E-state index contributed by atoms with van der Waals surface area (Å²) in [5.74, 6) is 0.127. The van der Waals surface area contributed by atoms with E-state index in [0.29, 0.717) is 27.8 Å². The van der Waals surface area contributed by atoms with E-state index >= 15 is 0 Å². The molecule has 0 atom stereocenters. The second-order valence-corrected chi connectivity index (χ2v) is 4.17. The molecule has 0 radical (unpaired) electrons. The number of methoxy groups -OCH3 is 1. The zero-order valence-electron chi connectivity index (χ0n) is 10.2. The first kappa shape index (κ1) is 13.2. The van der Waals surface area contributed by atoms with E-state index in [1.54, 1.807) is 30.3 Å². The fourth-order valence-corrected chi connectivity index (χ4v) is 1.66. The normalized spacial score (nSPS) is 10.0. The van der Waals surface area contributed by atoms with Gasteiger partial charge in [0.25, 0.3) is 5.91 Å². The largest absolute Gasteiger partial charge is 0.496 e. The lowest BCUT2D eigenvalue weighted by atomic mass is 10.1. The molecule has 0 bridgehead atoms. The van der Waals surface area contributed by atoms with Gasteiger partial charge in [-0.2, -0.15) is 0 Å². The highest BCUT2D eigenvalue weighted by atomic mass is 35.5. The smallest absolute Gasteiger partial charge is 0.259 e. The summed E-state index contributed by atoms with van der Waals surface area (Å²) in [4.78, 5) is 16.0. The number of nitrogens with two attached hydrogens (primary N) is 1. The highest BCUT2D eigenvalue weighted by Crippen LogP contribution is 2.22. The number of hydrogen-bond donors (Lipinski definition) is 2. The van der Waals surface area contributed by atoms with E-state index in [9.17, 15) is 4.79 Å². The Morgan fingerprint density at radius 3 is 2.79 bits per heavy atom. The Balaban J connectivity index is 2.24. The third kappa shape index (κ3) is 3.14. The van der Waals surface area contributed by atoms with E-state index in [-0.39, 0.29) is 5.91 Å². The van der Waals surface area contributed by atoms with E-state index in [2.05, 4.69) is 10.3 Å². The fourth-order valence-electron chi connectivity index (χ4n) is 1.55. The van der Waals surface area contributed by atoms with Crippen molar-refractivity contribution in [2.75, 3.05) is 18.2 Å². The van der Waals surface area contributed by atoms with Gasteiger partial charge in [0.1, 0.15) is 10.9 Å². The molecule has 1 aromatic carbocycles. The van der Waals surface area contributed by atoms with Gasteiger partial charge >= 0.3 is 0 Å². The number of pyridine rings is 1. The summed E-state index contributed by atoms with van der Waals surface area (Å²) in [5, 5.41) is 3.05. The van der Waals surface area contributed by atoms with Crippen molar-refractivity contribution in [1.29, 1.82) is 0 Å². The van der Waals surface area contributed by atoms with Crippen LogP contribution in [0.25, 0.3) is 0 Å². The number of nitrogens with zero attached hydrogens (tertiary/aromatic N) is 1. The lowest BCUT2D eigenvalue weighted by molar-refractivity contribution is 0.102. The molecule has 0 unspecified atom stereocenters. The molecule has 3 N–H and O–H groups in total. The molecule has 19 heavy (non-hydrogen) atoms. The van der Waals surface area contributed by atoms with Gasteiger partial charge in [-0.1, -0.05) is 11.6 Å². The zero-order chi connectivity index (χ0) is 13.8. The van der Waals surface area contributed by atoms with Crippen LogP contribution in [0.3, 0.4) is 0 Å². The van der Waals surface area contributed by atoms with E-state index < -0.39 is 0 Å². The summed E-state index contributed by atoms with van der Waals surface area (Å²) in [6.45, 7) is 0. The topological polar surface area (TPSA) is 77.2 Å². The third-order valence-electron chi connectivity index (χ3n) is 2.45. The molecule has 6 heteroatoms. The van der Waals surface area contributed by atoms with Gasteiger partial charge in [-0.25, -0.2) is 4.98 Å². The molecular formula is C13H12ClN3O2. The Labute approximate surface area is 115 Å². The monoisotopic (exact) mass is 277 g/mol. The van der Waals surface area contributed by atoms with Crippen LogP contribution in [-0.2, 0) is 0 Å².